The van der Waals surface area contributed by atoms with Crippen LogP contribution in [0.4, 0.5) is 10.7 Å². The monoisotopic (exact) mass is 264 g/mol. The summed E-state index contributed by atoms with van der Waals surface area (Å²) in [7, 11) is 3.74. The van der Waals surface area contributed by atoms with E-state index in [-0.39, 0.29) is 11.6 Å². The molecule has 1 aromatic rings. The zero-order chi connectivity index (χ0) is 13.9. The minimum atomic E-state index is -0.221. The molecule has 104 valence electrons. The fraction of sp³-hybridized carbons (Fsp3) is 0.583. The second kappa shape index (κ2) is 5.40. The molecule has 7 nitrogen and oxygen atoms in total. The Morgan fingerprint density at radius 1 is 1.47 bits per heavy atom. The summed E-state index contributed by atoms with van der Waals surface area (Å²) in [4.78, 5) is 21.8. The maximum absolute atomic E-state index is 11.6. The van der Waals surface area contributed by atoms with Crippen LogP contribution in [0.3, 0.4) is 0 Å². The number of nitrogens with one attached hydrogen (secondary N) is 2. The van der Waals surface area contributed by atoms with Gasteiger partial charge in [0.1, 0.15) is 0 Å². The van der Waals surface area contributed by atoms with Crippen LogP contribution in [0.1, 0.15) is 18.5 Å². The molecular weight excluding hydrogens is 244 g/mol. The van der Waals surface area contributed by atoms with Crippen molar-refractivity contribution < 1.29 is 4.79 Å². The lowest BCUT2D eigenvalue weighted by molar-refractivity contribution is 0.239. The number of rotatable bonds is 5. The molecule has 0 saturated heterocycles. The van der Waals surface area contributed by atoms with Crippen LogP contribution in [-0.4, -0.2) is 42.2 Å². The first-order valence-corrected chi connectivity index (χ1v) is 6.28. The van der Waals surface area contributed by atoms with Crippen molar-refractivity contribution in [3.05, 3.63) is 18.0 Å². The van der Waals surface area contributed by atoms with Gasteiger partial charge in [0.2, 0.25) is 5.95 Å². The first-order valence-electron chi connectivity index (χ1n) is 6.28. The van der Waals surface area contributed by atoms with E-state index in [4.69, 9.17) is 5.73 Å². The van der Waals surface area contributed by atoms with E-state index in [1.807, 2.05) is 19.0 Å². The number of hydrogen-bond acceptors (Lipinski definition) is 5. The van der Waals surface area contributed by atoms with Crippen LogP contribution in [0.15, 0.2) is 12.3 Å². The molecule has 4 N–H and O–H groups in total. The highest BCUT2D eigenvalue weighted by Crippen LogP contribution is 2.30. The predicted molar refractivity (Wildman–Crippen MR) is 72.7 cm³/mol. The van der Waals surface area contributed by atoms with Gasteiger partial charge in [-0.15, -0.1) is 0 Å². The summed E-state index contributed by atoms with van der Waals surface area (Å²) in [5.74, 6) is 0.624. The molecule has 1 aliphatic carbocycles. The largest absolute Gasteiger partial charge is 0.347 e. The predicted octanol–water partition coefficient (Wildman–Crippen LogP) is -0.167. The van der Waals surface area contributed by atoms with Crippen LogP contribution in [0.5, 0.6) is 0 Å². The van der Waals surface area contributed by atoms with Gasteiger partial charge in [-0.25, -0.2) is 14.8 Å². The fourth-order valence-corrected chi connectivity index (χ4v) is 1.53. The van der Waals surface area contributed by atoms with Crippen LogP contribution in [-0.2, 0) is 6.54 Å². The van der Waals surface area contributed by atoms with Gasteiger partial charge in [0.05, 0.1) is 12.2 Å². The van der Waals surface area contributed by atoms with Gasteiger partial charge in [-0.1, -0.05) is 0 Å². The van der Waals surface area contributed by atoms with Gasteiger partial charge in [0.25, 0.3) is 0 Å². The molecule has 2 amide bonds. The van der Waals surface area contributed by atoms with Crippen molar-refractivity contribution in [2.75, 3.05) is 25.5 Å². The molecule has 1 aromatic heterocycles. The summed E-state index contributed by atoms with van der Waals surface area (Å²) in [6.45, 7) is 0.887. The number of amides is 2. The van der Waals surface area contributed by atoms with Crippen molar-refractivity contribution in [1.29, 1.82) is 0 Å². The molecule has 0 unspecified atom stereocenters. The molecule has 19 heavy (non-hydrogen) atoms. The number of aromatic nitrogens is 2. The fourth-order valence-electron chi connectivity index (χ4n) is 1.53. The number of hydrogen-bond donors (Lipinski definition) is 3. The minimum Gasteiger partial charge on any atom is -0.347 e. The first-order chi connectivity index (χ1) is 8.98. The summed E-state index contributed by atoms with van der Waals surface area (Å²) < 4.78 is 0. The molecule has 2 rings (SSSR count). The van der Waals surface area contributed by atoms with Crippen LogP contribution in [0.2, 0.25) is 0 Å². The Kier molecular flexibility index (Phi) is 3.84. The smallest absolute Gasteiger partial charge is 0.315 e. The Labute approximate surface area is 112 Å². The summed E-state index contributed by atoms with van der Waals surface area (Å²) in [6, 6.07) is 1.56. The maximum Gasteiger partial charge on any atom is 0.315 e. The number of nitrogens with two attached hydrogens (primary N) is 1. The number of carbonyl (C=O) groups excluding carboxylic acids is 1. The van der Waals surface area contributed by atoms with Gasteiger partial charge in [-0.05, 0) is 18.9 Å². The number of urea groups is 1. The lowest BCUT2D eigenvalue weighted by atomic mass is 10.3. The number of carbonyl (C=O) groups is 1. The Bertz CT molecular complexity index is 457. The number of anilines is 1. The molecular formula is C12H20N6O. The van der Waals surface area contributed by atoms with Gasteiger partial charge >= 0.3 is 6.03 Å². The third-order valence-corrected chi connectivity index (χ3v) is 3.02. The van der Waals surface area contributed by atoms with Crippen molar-refractivity contribution in [3.63, 3.8) is 0 Å². The third kappa shape index (κ3) is 4.06. The van der Waals surface area contributed by atoms with E-state index < -0.39 is 0 Å². The molecule has 1 fully saturated rings. The molecule has 1 heterocycles. The second-order valence-corrected chi connectivity index (χ2v) is 5.14. The summed E-state index contributed by atoms with van der Waals surface area (Å²) >= 11 is 0. The zero-order valence-corrected chi connectivity index (χ0v) is 11.3. The lowest BCUT2D eigenvalue weighted by Crippen LogP contribution is -2.43. The topological polar surface area (TPSA) is 96.2 Å². The van der Waals surface area contributed by atoms with Gasteiger partial charge in [0, 0.05) is 32.4 Å². The van der Waals surface area contributed by atoms with Crippen LogP contribution >= 0.6 is 0 Å². The van der Waals surface area contributed by atoms with Crippen molar-refractivity contribution in [2.45, 2.75) is 24.9 Å². The average Bonchev–Trinajstić information content (AvgIpc) is 3.13. The second-order valence-electron chi connectivity index (χ2n) is 5.14. The van der Waals surface area contributed by atoms with Gasteiger partial charge in [0.15, 0.2) is 0 Å². The molecule has 0 aromatic carbocycles. The Hall–Kier alpha value is -1.89. The van der Waals surface area contributed by atoms with Crippen LogP contribution < -0.4 is 21.3 Å². The van der Waals surface area contributed by atoms with E-state index >= 15 is 0 Å². The van der Waals surface area contributed by atoms with E-state index in [0.717, 1.165) is 18.5 Å². The Morgan fingerprint density at radius 2 is 2.21 bits per heavy atom. The summed E-state index contributed by atoms with van der Waals surface area (Å²) in [5, 5.41) is 5.51. The zero-order valence-electron chi connectivity index (χ0n) is 11.3. The molecule has 0 atom stereocenters. The average molecular weight is 264 g/mol. The van der Waals surface area contributed by atoms with E-state index in [9.17, 15) is 4.79 Å². The molecule has 0 spiro atoms. The lowest BCUT2D eigenvalue weighted by Gasteiger charge is -2.12. The van der Waals surface area contributed by atoms with Crippen molar-refractivity contribution in [2.24, 2.45) is 5.73 Å². The first kappa shape index (κ1) is 13.5. The normalized spacial score (nSPS) is 15.7. The molecule has 7 heteroatoms. The standard InChI is InChI=1S/C12H20N6O/c1-18(2)10-14-6-3-9(17-10)7-15-11(19)16-8-12(13)4-5-12/h3,6H,4-5,7-8,13H2,1-2H3,(H2,15,16,19). The van der Waals surface area contributed by atoms with Crippen LogP contribution in [0.25, 0.3) is 0 Å². The minimum absolute atomic E-state index is 0.176. The van der Waals surface area contributed by atoms with Crippen molar-refractivity contribution >= 4 is 12.0 Å². The van der Waals surface area contributed by atoms with Gasteiger partial charge < -0.3 is 21.3 Å². The van der Waals surface area contributed by atoms with E-state index in [2.05, 4.69) is 20.6 Å². The highest BCUT2D eigenvalue weighted by molar-refractivity contribution is 5.73. The Morgan fingerprint density at radius 3 is 2.84 bits per heavy atom. The number of nitrogens with zero attached hydrogens (tertiary/aromatic N) is 3. The summed E-state index contributed by atoms with van der Waals surface area (Å²) in [5.41, 5.74) is 6.48. The van der Waals surface area contributed by atoms with E-state index in [0.29, 0.717) is 19.0 Å². The van der Waals surface area contributed by atoms with Crippen LogP contribution in [0, 0.1) is 0 Å². The van der Waals surface area contributed by atoms with Gasteiger partial charge in [-0.3, -0.25) is 0 Å². The van der Waals surface area contributed by atoms with Crippen molar-refractivity contribution in [1.82, 2.24) is 20.6 Å². The Balaban J connectivity index is 1.77. The molecule has 0 radical (unpaired) electrons. The SMILES string of the molecule is CN(C)c1nccc(CNC(=O)NCC2(N)CC2)n1. The van der Waals surface area contributed by atoms with Gasteiger partial charge in [-0.2, -0.15) is 0 Å². The highest BCUT2D eigenvalue weighted by Gasteiger charge is 2.38. The van der Waals surface area contributed by atoms with Crippen molar-refractivity contribution in [3.8, 4) is 0 Å². The molecule has 1 aliphatic rings. The van der Waals surface area contributed by atoms with E-state index in [1.54, 1.807) is 12.3 Å². The third-order valence-electron chi connectivity index (χ3n) is 3.02. The molecule has 1 saturated carbocycles. The highest BCUT2D eigenvalue weighted by atomic mass is 16.2. The van der Waals surface area contributed by atoms with E-state index in [1.165, 1.54) is 0 Å². The maximum atomic E-state index is 11.6. The quantitative estimate of drug-likeness (QED) is 0.686. The molecule has 0 bridgehead atoms. The molecule has 0 aliphatic heterocycles. The summed E-state index contributed by atoms with van der Waals surface area (Å²) in [6.07, 6.45) is 3.63.